The maximum Gasteiger partial charge on any atom is 0.191 e. The number of guanidine groups is 1. The first-order chi connectivity index (χ1) is 10.3. The molecule has 124 valence electrons. The first-order valence-electron chi connectivity index (χ1n) is 7.86. The number of thiazole rings is 1. The van der Waals surface area contributed by atoms with Gasteiger partial charge in [-0.1, -0.05) is 20.8 Å². The largest absolute Gasteiger partial charge is 0.355 e. The SMILES string of the molecule is CN=C(NCc1csc(C(C)(C)C)n1)NCC1(C)CCCS1. The van der Waals surface area contributed by atoms with Crippen LogP contribution in [0.4, 0.5) is 0 Å². The van der Waals surface area contributed by atoms with Crippen LogP contribution in [0.5, 0.6) is 0 Å². The fourth-order valence-corrected chi connectivity index (χ4v) is 4.53. The van der Waals surface area contributed by atoms with E-state index in [1.807, 2.05) is 7.05 Å². The van der Waals surface area contributed by atoms with Gasteiger partial charge in [0.2, 0.25) is 0 Å². The molecule has 22 heavy (non-hydrogen) atoms. The van der Waals surface area contributed by atoms with E-state index in [0.29, 0.717) is 4.75 Å². The van der Waals surface area contributed by atoms with Crippen LogP contribution in [0, 0.1) is 0 Å². The minimum Gasteiger partial charge on any atom is -0.355 e. The standard InChI is InChI=1S/C16H28N4S2/c1-15(2,3)13-20-12(10-21-13)9-18-14(17-5)19-11-16(4)7-6-8-22-16/h10H,6-9,11H2,1-5H3,(H2,17,18,19). The zero-order chi connectivity index (χ0) is 16.2. The summed E-state index contributed by atoms with van der Waals surface area (Å²) in [6, 6.07) is 0. The number of nitrogens with one attached hydrogen (secondary N) is 2. The summed E-state index contributed by atoms with van der Waals surface area (Å²) in [5.41, 5.74) is 1.20. The minimum atomic E-state index is 0.122. The molecule has 0 radical (unpaired) electrons. The summed E-state index contributed by atoms with van der Waals surface area (Å²) in [6.07, 6.45) is 2.60. The van der Waals surface area contributed by atoms with Gasteiger partial charge in [0.1, 0.15) is 0 Å². The Labute approximate surface area is 142 Å². The summed E-state index contributed by atoms with van der Waals surface area (Å²) in [5, 5.41) is 10.1. The lowest BCUT2D eigenvalue weighted by Gasteiger charge is -2.24. The van der Waals surface area contributed by atoms with Crippen molar-refractivity contribution in [2.45, 2.75) is 57.2 Å². The number of thioether (sulfide) groups is 1. The number of aromatic nitrogens is 1. The summed E-state index contributed by atoms with van der Waals surface area (Å²) in [7, 11) is 1.82. The number of hydrogen-bond donors (Lipinski definition) is 2. The van der Waals surface area contributed by atoms with Crippen molar-refractivity contribution in [3.63, 3.8) is 0 Å². The monoisotopic (exact) mass is 340 g/mol. The Kier molecular flexibility index (Phi) is 5.77. The van der Waals surface area contributed by atoms with E-state index in [9.17, 15) is 0 Å². The van der Waals surface area contributed by atoms with E-state index in [1.165, 1.54) is 23.6 Å². The fraction of sp³-hybridized carbons (Fsp3) is 0.750. The summed E-state index contributed by atoms with van der Waals surface area (Å²) < 4.78 is 0.345. The lowest BCUT2D eigenvalue weighted by Crippen LogP contribution is -2.43. The molecule has 1 aliphatic heterocycles. The van der Waals surface area contributed by atoms with Gasteiger partial charge in [0.15, 0.2) is 5.96 Å². The van der Waals surface area contributed by atoms with Crippen molar-refractivity contribution in [2.75, 3.05) is 19.3 Å². The van der Waals surface area contributed by atoms with Crippen LogP contribution in [-0.4, -0.2) is 35.0 Å². The molecule has 2 heterocycles. The lowest BCUT2D eigenvalue weighted by molar-refractivity contribution is 0.579. The molecule has 0 aromatic carbocycles. The molecule has 0 saturated carbocycles. The van der Waals surface area contributed by atoms with E-state index < -0.39 is 0 Å². The Morgan fingerprint density at radius 3 is 2.73 bits per heavy atom. The van der Waals surface area contributed by atoms with Gasteiger partial charge in [0.05, 0.1) is 17.2 Å². The van der Waals surface area contributed by atoms with E-state index >= 15 is 0 Å². The average Bonchev–Trinajstić information content (AvgIpc) is 3.08. The van der Waals surface area contributed by atoms with Crippen LogP contribution in [0.3, 0.4) is 0 Å². The zero-order valence-corrected chi connectivity index (χ0v) is 16.0. The van der Waals surface area contributed by atoms with Crippen LogP contribution in [0.15, 0.2) is 10.4 Å². The summed E-state index contributed by atoms with van der Waals surface area (Å²) >= 11 is 3.80. The molecule has 6 heteroatoms. The molecular weight excluding hydrogens is 312 g/mol. The van der Waals surface area contributed by atoms with Crippen molar-refractivity contribution in [1.29, 1.82) is 0 Å². The van der Waals surface area contributed by atoms with Crippen molar-refractivity contribution in [3.8, 4) is 0 Å². The van der Waals surface area contributed by atoms with Crippen molar-refractivity contribution in [2.24, 2.45) is 4.99 Å². The Hall–Kier alpha value is -0.750. The van der Waals surface area contributed by atoms with Crippen molar-refractivity contribution < 1.29 is 0 Å². The predicted molar refractivity (Wildman–Crippen MR) is 99.1 cm³/mol. The number of nitrogens with zero attached hydrogens (tertiary/aromatic N) is 2. The van der Waals surface area contributed by atoms with E-state index in [2.05, 4.69) is 60.5 Å². The van der Waals surface area contributed by atoms with Gasteiger partial charge >= 0.3 is 0 Å². The summed E-state index contributed by atoms with van der Waals surface area (Å²) in [5.74, 6) is 2.14. The third-order valence-electron chi connectivity index (χ3n) is 3.78. The maximum atomic E-state index is 4.71. The molecule has 1 unspecified atom stereocenters. The highest BCUT2D eigenvalue weighted by atomic mass is 32.2. The summed E-state index contributed by atoms with van der Waals surface area (Å²) in [4.78, 5) is 9.02. The molecular formula is C16H28N4S2. The van der Waals surface area contributed by atoms with Gasteiger partial charge in [-0.3, -0.25) is 4.99 Å². The van der Waals surface area contributed by atoms with Crippen molar-refractivity contribution in [3.05, 3.63) is 16.1 Å². The molecule has 1 aromatic rings. The first-order valence-corrected chi connectivity index (χ1v) is 9.72. The van der Waals surface area contributed by atoms with Gasteiger partial charge < -0.3 is 10.6 Å². The van der Waals surface area contributed by atoms with Crippen LogP contribution < -0.4 is 10.6 Å². The smallest absolute Gasteiger partial charge is 0.191 e. The Balaban J connectivity index is 1.82. The maximum absolute atomic E-state index is 4.71. The molecule has 1 fully saturated rings. The number of hydrogen-bond acceptors (Lipinski definition) is 4. The third-order valence-corrected chi connectivity index (χ3v) is 6.64. The van der Waals surface area contributed by atoms with Crippen molar-refractivity contribution in [1.82, 2.24) is 15.6 Å². The molecule has 1 atom stereocenters. The van der Waals surface area contributed by atoms with Gasteiger partial charge in [-0.15, -0.1) is 11.3 Å². The van der Waals surface area contributed by atoms with Crippen molar-refractivity contribution >= 4 is 29.1 Å². The topological polar surface area (TPSA) is 49.3 Å². The molecule has 1 saturated heterocycles. The average molecular weight is 341 g/mol. The highest BCUT2D eigenvalue weighted by Crippen LogP contribution is 2.36. The molecule has 0 bridgehead atoms. The first kappa shape index (κ1) is 17.6. The highest BCUT2D eigenvalue weighted by Gasteiger charge is 2.29. The molecule has 0 amide bonds. The Morgan fingerprint density at radius 1 is 1.41 bits per heavy atom. The Bertz CT molecular complexity index is 510. The summed E-state index contributed by atoms with van der Waals surface area (Å²) in [6.45, 7) is 10.6. The third kappa shape index (κ3) is 4.88. The van der Waals surface area contributed by atoms with E-state index in [0.717, 1.165) is 24.7 Å². The van der Waals surface area contributed by atoms with Crippen LogP contribution in [-0.2, 0) is 12.0 Å². The lowest BCUT2D eigenvalue weighted by atomic mass is 9.98. The molecule has 4 nitrogen and oxygen atoms in total. The Morgan fingerprint density at radius 2 is 2.18 bits per heavy atom. The predicted octanol–water partition coefficient (Wildman–Crippen LogP) is 3.39. The molecule has 2 rings (SSSR count). The second-order valence-electron chi connectivity index (χ2n) is 7.08. The number of aliphatic imine (C=N–C) groups is 1. The molecule has 0 spiro atoms. The second-order valence-corrected chi connectivity index (χ2v) is 9.62. The van der Waals surface area contributed by atoms with E-state index in [-0.39, 0.29) is 5.41 Å². The molecule has 0 aliphatic carbocycles. The van der Waals surface area contributed by atoms with Crippen LogP contribution in [0.2, 0.25) is 0 Å². The molecule has 2 N–H and O–H groups in total. The molecule has 1 aromatic heterocycles. The van der Waals surface area contributed by atoms with Crippen LogP contribution in [0.1, 0.15) is 51.2 Å². The van der Waals surface area contributed by atoms with Gasteiger partial charge in [-0.25, -0.2) is 4.98 Å². The van der Waals surface area contributed by atoms with Gasteiger partial charge in [0.25, 0.3) is 0 Å². The van der Waals surface area contributed by atoms with Gasteiger partial charge in [-0.05, 0) is 25.5 Å². The van der Waals surface area contributed by atoms with E-state index in [1.54, 1.807) is 11.3 Å². The fourth-order valence-electron chi connectivity index (χ4n) is 2.37. The zero-order valence-electron chi connectivity index (χ0n) is 14.3. The normalized spacial score (nSPS) is 22.9. The van der Waals surface area contributed by atoms with Crippen LogP contribution in [0.25, 0.3) is 0 Å². The quantitative estimate of drug-likeness (QED) is 0.651. The van der Waals surface area contributed by atoms with Gasteiger partial charge in [0, 0.05) is 29.1 Å². The molecule has 1 aliphatic rings. The minimum absolute atomic E-state index is 0.122. The van der Waals surface area contributed by atoms with Gasteiger partial charge in [-0.2, -0.15) is 11.8 Å². The van der Waals surface area contributed by atoms with E-state index in [4.69, 9.17) is 4.98 Å². The van der Waals surface area contributed by atoms with Crippen LogP contribution >= 0.6 is 23.1 Å². The number of rotatable bonds is 4. The second kappa shape index (κ2) is 7.21. The highest BCUT2D eigenvalue weighted by molar-refractivity contribution is 8.00.